The first-order valence-corrected chi connectivity index (χ1v) is 13.8. The Morgan fingerprint density at radius 2 is 1.97 bits per heavy atom. The lowest BCUT2D eigenvalue weighted by Crippen LogP contribution is -2.40. The van der Waals surface area contributed by atoms with Gasteiger partial charge in [-0.1, -0.05) is 54.6 Å². The van der Waals surface area contributed by atoms with Gasteiger partial charge in [0.1, 0.15) is 17.8 Å². The van der Waals surface area contributed by atoms with Crippen molar-refractivity contribution >= 4 is 22.8 Å². The zero-order chi connectivity index (χ0) is 27.1. The predicted octanol–water partition coefficient (Wildman–Crippen LogP) is 4.85. The number of rotatable bonds is 5. The number of aryl methyl sites for hydroxylation is 1. The average molecular weight is 522 g/mol. The molecular weight excluding hydrogens is 486 g/mol. The first-order valence-electron chi connectivity index (χ1n) is 13.8. The topological polar surface area (TPSA) is 93.2 Å². The molecule has 8 nitrogen and oxygen atoms in total. The van der Waals surface area contributed by atoms with E-state index in [0.717, 1.165) is 55.5 Å². The normalized spacial score (nSPS) is 19.7. The zero-order valence-corrected chi connectivity index (χ0v) is 22.7. The summed E-state index contributed by atoms with van der Waals surface area (Å²) in [6.45, 7) is 11.4. The Kier molecular flexibility index (Phi) is 6.64. The highest BCUT2D eigenvalue weighted by molar-refractivity contribution is 5.98. The van der Waals surface area contributed by atoms with Crippen LogP contribution in [0.5, 0.6) is 0 Å². The SMILES string of the molecule is C=CC(=O)N1CCCC(n2nc(-c3ccc(CN4CCc5cc(C)ccc5C4C)cc3)c3c(N)ncnc32)C1. The van der Waals surface area contributed by atoms with E-state index in [2.05, 4.69) is 77.8 Å². The highest BCUT2D eigenvalue weighted by Crippen LogP contribution is 2.35. The number of hydrogen-bond acceptors (Lipinski definition) is 6. The number of fused-ring (bicyclic) bond motifs is 2. The molecule has 39 heavy (non-hydrogen) atoms. The second-order valence-electron chi connectivity index (χ2n) is 10.8. The Morgan fingerprint density at radius 3 is 2.77 bits per heavy atom. The van der Waals surface area contributed by atoms with Gasteiger partial charge >= 0.3 is 0 Å². The molecule has 1 amide bonds. The number of benzene rings is 2. The van der Waals surface area contributed by atoms with Gasteiger partial charge in [-0.25, -0.2) is 14.6 Å². The molecule has 1 saturated heterocycles. The van der Waals surface area contributed by atoms with Crippen LogP contribution in [0, 0.1) is 6.92 Å². The number of hydrogen-bond donors (Lipinski definition) is 1. The van der Waals surface area contributed by atoms with Crippen LogP contribution in [0.3, 0.4) is 0 Å². The number of amides is 1. The number of aromatic nitrogens is 4. The smallest absolute Gasteiger partial charge is 0.246 e. The third kappa shape index (κ3) is 4.69. The van der Waals surface area contributed by atoms with Crippen LogP contribution in [0.15, 0.2) is 61.4 Å². The van der Waals surface area contributed by atoms with Crippen LogP contribution in [0.4, 0.5) is 5.82 Å². The second kappa shape index (κ2) is 10.3. The van der Waals surface area contributed by atoms with E-state index < -0.39 is 0 Å². The van der Waals surface area contributed by atoms with Gasteiger partial charge in [0, 0.05) is 37.8 Å². The largest absolute Gasteiger partial charge is 0.383 e. The molecule has 2 aliphatic rings. The van der Waals surface area contributed by atoms with Gasteiger partial charge in [0.05, 0.1) is 11.4 Å². The number of piperidine rings is 1. The minimum atomic E-state index is -0.0530. The first-order chi connectivity index (χ1) is 18.9. The molecule has 0 saturated carbocycles. The molecule has 1 fully saturated rings. The van der Waals surface area contributed by atoms with Crippen LogP contribution in [0.25, 0.3) is 22.3 Å². The number of anilines is 1. The van der Waals surface area contributed by atoms with Crippen molar-refractivity contribution in [1.82, 2.24) is 29.5 Å². The van der Waals surface area contributed by atoms with Gasteiger partial charge < -0.3 is 10.6 Å². The van der Waals surface area contributed by atoms with E-state index in [0.29, 0.717) is 24.1 Å². The van der Waals surface area contributed by atoms with Crippen LogP contribution in [0.2, 0.25) is 0 Å². The van der Waals surface area contributed by atoms with Crippen LogP contribution < -0.4 is 5.73 Å². The maximum absolute atomic E-state index is 12.3. The monoisotopic (exact) mass is 521 g/mol. The molecule has 4 aromatic rings. The minimum absolute atomic E-state index is 0.0136. The Bertz CT molecular complexity index is 1540. The van der Waals surface area contributed by atoms with Gasteiger partial charge in [-0.05, 0) is 55.9 Å². The lowest BCUT2D eigenvalue weighted by molar-refractivity contribution is -0.127. The Hall–Kier alpha value is -4.04. The average Bonchev–Trinajstić information content (AvgIpc) is 3.35. The highest BCUT2D eigenvalue weighted by atomic mass is 16.2. The summed E-state index contributed by atoms with van der Waals surface area (Å²) >= 11 is 0. The van der Waals surface area contributed by atoms with E-state index in [4.69, 9.17) is 10.8 Å². The molecule has 200 valence electrons. The summed E-state index contributed by atoms with van der Waals surface area (Å²) in [5.41, 5.74) is 14.3. The molecule has 2 aromatic carbocycles. The Labute approximate surface area is 229 Å². The number of nitrogens with two attached hydrogens (primary N) is 1. The number of likely N-dealkylation sites (tertiary alicyclic amines) is 1. The van der Waals surface area contributed by atoms with Crippen molar-refractivity contribution in [2.45, 2.75) is 51.7 Å². The summed E-state index contributed by atoms with van der Waals surface area (Å²) in [5, 5.41) is 5.77. The summed E-state index contributed by atoms with van der Waals surface area (Å²) in [6.07, 6.45) is 5.75. The summed E-state index contributed by atoms with van der Waals surface area (Å²) in [4.78, 5) is 25.5. The van der Waals surface area contributed by atoms with Crippen LogP contribution >= 0.6 is 0 Å². The van der Waals surface area contributed by atoms with Gasteiger partial charge in [-0.3, -0.25) is 9.69 Å². The summed E-state index contributed by atoms with van der Waals surface area (Å²) in [5.74, 6) is 0.360. The molecule has 0 spiro atoms. The predicted molar refractivity (Wildman–Crippen MR) is 154 cm³/mol. The standard InChI is InChI=1S/C31H35N7O/c1-4-27(39)37-14-5-6-25(18-37)38-31-28(30(32)33-19-34-31)29(35-38)23-10-8-22(9-11-23)17-36-15-13-24-16-20(2)7-12-26(24)21(36)3/h4,7-12,16,19,21,25H,1,5-6,13-15,17-18H2,2-3H3,(H2,32,33,34). The third-order valence-corrected chi connectivity index (χ3v) is 8.32. The molecule has 0 radical (unpaired) electrons. The van der Waals surface area contributed by atoms with E-state index in [9.17, 15) is 4.79 Å². The van der Waals surface area contributed by atoms with Crippen molar-refractivity contribution in [2.24, 2.45) is 0 Å². The third-order valence-electron chi connectivity index (χ3n) is 8.32. The lowest BCUT2D eigenvalue weighted by atomic mass is 9.92. The molecule has 2 atom stereocenters. The number of nitrogens with zero attached hydrogens (tertiary/aromatic N) is 6. The lowest BCUT2D eigenvalue weighted by Gasteiger charge is -2.35. The van der Waals surface area contributed by atoms with E-state index >= 15 is 0 Å². The molecule has 6 rings (SSSR count). The number of nitrogen functional groups attached to an aromatic ring is 1. The van der Waals surface area contributed by atoms with E-state index in [1.54, 1.807) is 0 Å². The number of carbonyl (C=O) groups excluding carboxylic acids is 1. The van der Waals surface area contributed by atoms with Gasteiger partial charge in [0.15, 0.2) is 5.65 Å². The van der Waals surface area contributed by atoms with Crippen molar-refractivity contribution in [3.63, 3.8) is 0 Å². The Balaban J connectivity index is 1.27. The molecular formula is C31H35N7O. The maximum Gasteiger partial charge on any atom is 0.246 e. The fraction of sp³-hybridized carbons (Fsp3) is 0.355. The van der Waals surface area contributed by atoms with Crippen molar-refractivity contribution in [3.05, 3.63) is 83.7 Å². The Morgan fingerprint density at radius 1 is 1.15 bits per heavy atom. The quantitative estimate of drug-likeness (QED) is 0.377. The van der Waals surface area contributed by atoms with Crippen molar-refractivity contribution in [1.29, 1.82) is 0 Å². The molecule has 8 heteroatoms. The molecule has 0 bridgehead atoms. The van der Waals surface area contributed by atoms with Gasteiger partial charge in [-0.2, -0.15) is 5.10 Å². The second-order valence-corrected chi connectivity index (χ2v) is 10.8. The summed E-state index contributed by atoms with van der Waals surface area (Å²) in [6, 6.07) is 15.8. The summed E-state index contributed by atoms with van der Waals surface area (Å²) in [7, 11) is 0. The number of carbonyl (C=O) groups is 1. The van der Waals surface area contributed by atoms with E-state index in [1.165, 1.54) is 34.7 Å². The van der Waals surface area contributed by atoms with Crippen LogP contribution in [-0.2, 0) is 17.8 Å². The van der Waals surface area contributed by atoms with Crippen molar-refractivity contribution < 1.29 is 4.79 Å². The van der Waals surface area contributed by atoms with E-state index in [-0.39, 0.29) is 11.9 Å². The van der Waals surface area contributed by atoms with Crippen LogP contribution in [-0.4, -0.2) is 55.1 Å². The molecule has 2 N–H and O–H groups in total. The zero-order valence-electron chi connectivity index (χ0n) is 22.7. The first kappa shape index (κ1) is 25.2. The van der Waals surface area contributed by atoms with Gasteiger partial charge in [-0.15, -0.1) is 0 Å². The fourth-order valence-electron chi connectivity index (χ4n) is 6.17. The van der Waals surface area contributed by atoms with Crippen molar-refractivity contribution in [2.75, 3.05) is 25.4 Å². The van der Waals surface area contributed by atoms with Crippen LogP contribution in [0.1, 0.15) is 54.1 Å². The fourth-order valence-corrected chi connectivity index (χ4v) is 6.17. The highest BCUT2D eigenvalue weighted by Gasteiger charge is 2.28. The molecule has 2 unspecified atom stereocenters. The molecule has 2 aliphatic heterocycles. The van der Waals surface area contributed by atoms with Gasteiger partial charge in [0.25, 0.3) is 0 Å². The van der Waals surface area contributed by atoms with Crippen molar-refractivity contribution in [3.8, 4) is 11.3 Å². The summed E-state index contributed by atoms with van der Waals surface area (Å²) < 4.78 is 1.94. The molecule has 0 aliphatic carbocycles. The molecule has 2 aromatic heterocycles. The van der Waals surface area contributed by atoms with E-state index in [1.807, 2.05) is 9.58 Å². The van der Waals surface area contributed by atoms with Gasteiger partial charge in [0.2, 0.25) is 5.91 Å². The maximum atomic E-state index is 12.3. The molecule has 4 heterocycles. The minimum Gasteiger partial charge on any atom is -0.383 e.